The summed E-state index contributed by atoms with van der Waals surface area (Å²) < 4.78 is 5.51. The third-order valence-electron chi connectivity index (χ3n) is 2.43. The molecule has 0 unspecified atom stereocenters. The van der Waals surface area contributed by atoms with Gasteiger partial charge in [-0.3, -0.25) is 4.98 Å². The smallest absolute Gasteiger partial charge is 0.0700 e. The topological polar surface area (TPSA) is 34.1 Å². The maximum absolute atomic E-state index is 5.51. The average Bonchev–Trinajstić information content (AvgIpc) is 2.72. The van der Waals surface area contributed by atoms with E-state index in [2.05, 4.69) is 10.3 Å². The van der Waals surface area contributed by atoms with Crippen LogP contribution < -0.4 is 5.32 Å². The molecule has 3 heteroatoms. The van der Waals surface area contributed by atoms with E-state index >= 15 is 0 Å². The van der Waals surface area contributed by atoms with Gasteiger partial charge in [0.1, 0.15) is 0 Å². The lowest BCUT2D eigenvalue weighted by Crippen LogP contribution is -2.26. The van der Waals surface area contributed by atoms with Crippen LogP contribution in [0.1, 0.15) is 18.5 Å². The third kappa shape index (κ3) is 2.79. The van der Waals surface area contributed by atoms with Crippen LogP contribution in [-0.4, -0.2) is 24.2 Å². The van der Waals surface area contributed by atoms with Crippen LogP contribution in [0.3, 0.4) is 0 Å². The van der Waals surface area contributed by atoms with E-state index in [1.165, 1.54) is 12.8 Å². The first kappa shape index (κ1) is 9.62. The number of hydrogen-bond donors (Lipinski definition) is 1. The monoisotopic (exact) mass is 192 g/mol. The van der Waals surface area contributed by atoms with Crippen molar-refractivity contribution in [2.75, 3.05) is 13.2 Å². The predicted octanol–water partition coefficient (Wildman–Crippen LogP) is 1.35. The summed E-state index contributed by atoms with van der Waals surface area (Å²) in [5.41, 5.74) is 1.09. The summed E-state index contributed by atoms with van der Waals surface area (Å²) in [6.45, 7) is 2.70. The van der Waals surface area contributed by atoms with Gasteiger partial charge < -0.3 is 10.1 Å². The molecule has 1 aliphatic rings. The molecule has 1 N–H and O–H groups in total. The van der Waals surface area contributed by atoms with Crippen LogP contribution in [0.4, 0.5) is 0 Å². The van der Waals surface area contributed by atoms with Crippen molar-refractivity contribution in [1.82, 2.24) is 10.3 Å². The highest BCUT2D eigenvalue weighted by molar-refractivity contribution is 5.02. The van der Waals surface area contributed by atoms with Gasteiger partial charge in [0.15, 0.2) is 0 Å². The minimum absolute atomic E-state index is 0.415. The minimum atomic E-state index is 0.415. The van der Waals surface area contributed by atoms with E-state index in [1.807, 2.05) is 24.4 Å². The Labute approximate surface area is 84.5 Å². The molecule has 0 bridgehead atoms. The number of aromatic nitrogens is 1. The number of hydrogen-bond acceptors (Lipinski definition) is 3. The van der Waals surface area contributed by atoms with Gasteiger partial charge >= 0.3 is 0 Å². The molecule has 0 aliphatic carbocycles. The minimum Gasteiger partial charge on any atom is -0.377 e. The van der Waals surface area contributed by atoms with Gasteiger partial charge in [0.25, 0.3) is 0 Å². The summed E-state index contributed by atoms with van der Waals surface area (Å²) in [4.78, 5) is 4.24. The van der Waals surface area contributed by atoms with Gasteiger partial charge in [-0.25, -0.2) is 0 Å². The number of nitrogens with one attached hydrogen (secondary N) is 1. The zero-order valence-electron chi connectivity index (χ0n) is 8.28. The number of nitrogens with zero attached hydrogens (tertiary/aromatic N) is 1. The van der Waals surface area contributed by atoms with Crippen LogP contribution in [0.15, 0.2) is 24.4 Å². The van der Waals surface area contributed by atoms with Crippen molar-refractivity contribution in [3.8, 4) is 0 Å². The maximum atomic E-state index is 5.51. The Morgan fingerprint density at radius 3 is 3.21 bits per heavy atom. The highest BCUT2D eigenvalue weighted by Gasteiger charge is 2.14. The number of pyridine rings is 1. The highest BCUT2D eigenvalue weighted by Crippen LogP contribution is 2.10. The molecule has 1 saturated heterocycles. The molecular formula is C11H16N2O. The van der Waals surface area contributed by atoms with Gasteiger partial charge in [0.05, 0.1) is 11.8 Å². The van der Waals surface area contributed by atoms with Gasteiger partial charge in [-0.1, -0.05) is 6.07 Å². The van der Waals surface area contributed by atoms with E-state index in [-0.39, 0.29) is 0 Å². The number of ether oxygens (including phenoxy) is 1. The molecular weight excluding hydrogens is 176 g/mol. The third-order valence-corrected chi connectivity index (χ3v) is 2.43. The summed E-state index contributed by atoms with van der Waals surface area (Å²) in [5.74, 6) is 0. The molecule has 3 nitrogen and oxygen atoms in total. The normalized spacial score (nSPS) is 21.3. The predicted molar refractivity (Wildman–Crippen MR) is 54.9 cm³/mol. The lowest BCUT2D eigenvalue weighted by atomic mass is 10.2. The lowest BCUT2D eigenvalue weighted by molar-refractivity contribution is 0.110. The zero-order chi connectivity index (χ0) is 9.64. The van der Waals surface area contributed by atoms with Crippen LogP contribution in [0, 0.1) is 0 Å². The van der Waals surface area contributed by atoms with Crippen LogP contribution in [-0.2, 0) is 11.3 Å². The largest absolute Gasteiger partial charge is 0.377 e. The molecule has 0 amide bonds. The Bertz CT molecular complexity index is 257. The van der Waals surface area contributed by atoms with Crippen LogP contribution >= 0.6 is 0 Å². The van der Waals surface area contributed by atoms with Gasteiger partial charge in [0, 0.05) is 25.9 Å². The molecule has 1 aromatic rings. The Morgan fingerprint density at radius 2 is 2.50 bits per heavy atom. The fourth-order valence-corrected chi connectivity index (χ4v) is 1.67. The van der Waals surface area contributed by atoms with E-state index in [1.54, 1.807) is 0 Å². The van der Waals surface area contributed by atoms with Crippen molar-refractivity contribution in [3.63, 3.8) is 0 Å². The lowest BCUT2D eigenvalue weighted by Gasteiger charge is -2.09. The van der Waals surface area contributed by atoms with Gasteiger partial charge in [-0.15, -0.1) is 0 Å². The Kier molecular flexibility index (Phi) is 3.49. The first-order valence-electron chi connectivity index (χ1n) is 5.17. The molecule has 0 radical (unpaired) electrons. The number of rotatable bonds is 4. The second-order valence-electron chi connectivity index (χ2n) is 3.59. The second kappa shape index (κ2) is 5.08. The van der Waals surface area contributed by atoms with Crippen LogP contribution in [0.25, 0.3) is 0 Å². The molecule has 1 fully saturated rings. The van der Waals surface area contributed by atoms with Crippen LogP contribution in [0.2, 0.25) is 0 Å². The molecule has 14 heavy (non-hydrogen) atoms. The van der Waals surface area contributed by atoms with Crippen LogP contribution in [0.5, 0.6) is 0 Å². The average molecular weight is 192 g/mol. The fraction of sp³-hybridized carbons (Fsp3) is 0.545. The maximum Gasteiger partial charge on any atom is 0.0700 e. The molecule has 0 aromatic carbocycles. The molecule has 1 aromatic heterocycles. The summed E-state index contributed by atoms with van der Waals surface area (Å²) in [7, 11) is 0. The standard InChI is InChI=1S/C11H16N2O/c1-2-6-13-10(4-1)8-12-9-11-5-3-7-14-11/h1-2,4,6,11-12H,3,5,7-9H2/t11-/m1/s1. The van der Waals surface area contributed by atoms with Crippen molar-refractivity contribution in [3.05, 3.63) is 30.1 Å². The summed E-state index contributed by atoms with van der Waals surface area (Å²) in [5, 5.41) is 3.36. The second-order valence-corrected chi connectivity index (χ2v) is 3.59. The molecule has 1 aliphatic heterocycles. The van der Waals surface area contributed by atoms with Crippen molar-refractivity contribution >= 4 is 0 Å². The molecule has 0 spiro atoms. The van der Waals surface area contributed by atoms with E-state index in [4.69, 9.17) is 4.74 Å². The fourth-order valence-electron chi connectivity index (χ4n) is 1.67. The molecule has 76 valence electrons. The Hall–Kier alpha value is -0.930. The van der Waals surface area contributed by atoms with Crippen molar-refractivity contribution in [1.29, 1.82) is 0 Å². The Balaban J connectivity index is 1.67. The zero-order valence-corrected chi connectivity index (χ0v) is 8.28. The summed E-state index contributed by atoms with van der Waals surface area (Å²) in [6, 6.07) is 5.97. The van der Waals surface area contributed by atoms with Crippen molar-refractivity contribution in [2.24, 2.45) is 0 Å². The van der Waals surface area contributed by atoms with Gasteiger partial charge in [0.2, 0.25) is 0 Å². The molecule has 1 atom stereocenters. The first-order chi connectivity index (χ1) is 6.95. The summed E-state index contributed by atoms with van der Waals surface area (Å²) in [6.07, 6.45) is 4.63. The summed E-state index contributed by atoms with van der Waals surface area (Å²) >= 11 is 0. The molecule has 2 rings (SSSR count). The Morgan fingerprint density at radius 1 is 1.50 bits per heavy atom. The van der Waals surface area contributed by atoms with Gasteiger partial charge in [-0.2, -0.15) is 0 Å². The molecule has 0 saturated carbocycles. The SMILES string of the molecule is c1ccc(CNC[C@H]2CCCO2)nc1. The van der Waals surface area contributed by atoms with E-state index in [9.17, 15) is 0 Å². The quantitative estimate of drug-likeness (QED) is 0.782. The first-order valence-corrected chi connectivity index (χ1v) is 5.17. The van der Waals surface area contributed by atoms with E-state index in [0.717, 1.165) is 25.4 Å². The van der Waals surface area contributed by atoms with E-state index < -0.39 is 0 Å². The van der Waals surface area contributed by atoms with E-state index in [0.29, 0.717) is 6.10 Å². The van der Waals surface area contributed by atoms with Crippen molar-refractivity contribution < 1.29 is 4.74 Å². The highest BCUT2D eigenvalue weighted by atomic mass is 16.5. The molecule has 2 heterocycles. The van der Waals surface area contributed by atoms with Gasteiger partial charge in [-0.05, 0) is 25.0 Å². The van der Waals surface area contributed by atoms with Crippen molar-refractivity contribution in [2.45, 2.75) is 25.5 Å².